The number of para-hydroxylation sites is 1. The van der Waals surface area contributed by atoms with Crippen LogP contribution in [0.1, 0.15) is 29.7 Å². The molecule has 2 unspecified atom stereocenters. The third-order valence-corrected chi connectivity index (χ3v) is 4.68. The van der Waals surface area contributed by atoms with Crippen LogP contribution in [0.5, 0.6) is 0 Å². The number of benzene rings is 2. The zero-order valence-corrected chi connectivity index (χ0v) is 13.5. The van der Waals surface area contributed by atoms with Crippen LogP contribution in [0.2, 0.25) is 0 Å². The van der Waals surface area contributed by atoms with E-state index < -0.39 is 0 Å². The smallest absolute Gasteiger partial charge is 0.108 e. The van der Waals surface area contributed by atoms with Gasteiger partial charge in [0, 0.05) is 17.5 Å². The van der Waals surface area contributed by atoms with Gasteiger partial charge in [-0.2, -0.15) is 5.53 Å². The number of nitrogens with one attached hydrogen (secondary N) is 2. The SMILES string of the molecule is N=NNc1ccccc1C(CC1c2ccccc2-c2cncn21)ON. The Hall–Kier alpha value is -3.03. The molecule has 1 aromatic heterocycles. The number of nitrogens with zero attached hydrogens (tertiary/aromatic N) is 3. The summed E-state index contributed by atoms with van der Waals surface area (Å²) in [5.74, 6) is 5.63. The van der Waals surface area contributed by atoms with Gasteiger partial charge < -0.3 is 4.57 Å². The average molecular weight is 334 g/mol. The van der Waals surface area contributed by atoms with Crippen LogP contribution in [0.3, 0.4) is 0 Å². The molecular formula is C18H18N6O. The molecule has 0 saturated heterocycles. The molecule has 4 rings (SSSR count). The number of hydrogen-bond donors (Lipinski definition) is 3. The second-order valence-electron chi connectivity index (χ2n) is 5.96. The van der Waals surface area contributed by atoms with Gasteiger partial charge in [0.2, 0.25) is 0 Å². The Bertz CT molecular complexity index is 906. The van der Waals surface area contributed by atoms with Crippen molar-refractivity contribution < 1.29 is 4.84 Å². The van der Waals surface area contributed by atoms with Crippen LogP contribution in [0.15, 0.2) is 66.3 Å². The highest BCUT2D eigenvalue weighted by Gasteiger charge is 2.31. The fourth-order valence-corrected chi connectivity index (χ4v) is 3.57. The van der Waals surface area contributed by atoms with Crippen LogP contribution in [-0.2, 0) is 4.84 Å². The van der Waals surface area contributed by atoms with Crippen molar-refractivity contribution in [2.75, 3.05) is 5.43 Å². The Balaban J connectivity index is 1.71. The molecule has 0 amide bonds. The first-order chi connectivity index (χ1) is 12.3. The third-order valence-electron chi connectivity index (χ3n) is 4.68. The topological polar surface area (TPSA) is 101 Å². The predicted molar refractivity (Wildman–Crippen MR) is 93.6 cm³/mol. The van der Waals surface area contributed by atoms with Gasteiger partial charge in [0.05, 0.1) is 29.9 Å². The lowest BCUT2D eigenvalue weighted by atomic mass is 9.95. The summed E-state index contributed by atoms with van der Waals surface area (Å²) < 4.78 is 2.15. The van der Waals surface area contributed by atoms with Gasteiger partial charge in [-0.25, -0.2) is 10.9 Å². The van der Waals surface area contributed by atoms with Crippen molar-refractivity contribution in [2.45, 2.75) is 18.6 Å². The molecule has 0 radical (unpaired) electrons. The van der Waals surface area contributed by atoms with Crippen molar-refractivity contribution >= 4 is 5.69 Å². The maximum Gasteiger partial charge on any atom is 0.108 e. The average Bonchev–Trinajstić information content (AvgIpc) is 3.23. The molecule has 2 heterocycles. The maximum atomic E-state index is 7.06. The highest BCUT2D eigenvalue weighted by atomic mass is 16.6. The lowest BCUT2D eigenvalue weighted by Crippen LogP contribution is -2.17. The summed E-state index contributed by atoms with van der Waals surface area (Å²) in [5, 5.41) is 3.27. The maximum absolute atomic E-state index is 7.06. The molecule has 0 aliphatic carbocycles. The van der Waals surface area contributed by atoms with Gasteiger partial charge >= 0.3 is 0 Å². The Morgan fingerprint density at radius 1 is 1.24 bits per heavy atom. The van der Waals surface area contributed by atoms with Gasteiger partial charge in [-0.3, -0.25) is 10.3 Å². The summed E-state index contributed by atoms with van der Waals surface area (Å²) in [7, 11) is 0. The number of hydrogen-bond acceptors (Lipinski definition) is 5. The van der Waals surface area contributed by atoms with Gasteiger partial charge in [-0.1, -0.05) is 47.7 Å². The minimum absolute atomic E-state index is 0.0863. The molecule has 25 heavy (non-hydrogen) atoms. The predicted octanol–water partition coefficient (Wildman–Crippen LogP) is 3.83. The zero-order chi connectivity index (χ0) is 17.2. The number of rotatable bonds is 6. The van der Waals surface area contributed by atoms with Crippen LogP contribution in [0.25, 0.3) is 11.3 Å². The van der Waals surface area contributed by atoms with Gasteiger partial charge in [0.15, 0.2) is 0 Å². The minimum Gasteiger partial charge on any atom is -0.323 e. The van der Waals surface area contributed by atoms with E-state index in [1.54, 1.807) is 0 Å². The van der Waals surface area contributed by atoms with Crippen LogP contribution in [0, 0.1) is 5.53 Å². The van der Waals surface area contributed by atoms with E-state index in [2.05, 4.69) is 32.3 Å². The third kappa shape index (κ3) is 2.59. The second kappa shape index (κ2) is 6.46. The molecule has 0 spiro atoms. The Morgan fingerprint density at radius 2 is 2.04 bits per heavy atom. The Kier molecular flexibility index (Phi) is 4.01. The van der Waals surface area contributed by atoms with Crippen molar-refractivity contribution in [3.63, 3.8) is 0 Å². The molecule has 0 fully saturated rings. The second-order valence-corrected chi connectivity index (χ2v) is 5.96. The van der Waals surface area contributed by atoms with Gasteiger partial charge in [0.1, 0.15) is 6.10 Å². The monoisotopic (exact) mass is 334 g/mol. The molecule has 7 nitrogen and oxygen atoms in total. The first-order valence-electron chi connectivity index (χ1n) is 8.01. The minimum atomic E-state index is -0.350. The quantitative estimate of drug-likeness (QED) is 0.471. The molecule has 1 aliphatic heterocycles. The molecule has 2 aromatic carbocycles. The lowest BCUT2D eigenvalue weighted by molar-refractivity contribution is 0.0401. The fraction of sp³-hybridized carbons (Fsp3) is 0.167. The van der Waals surface area contributed by atoms with E-state index in [0.717, 1.165) is 11.3 Å². The molecule has 2 atom stereocenters. The first kappa shape index (κ1) is 15.5. The summed E-state index contributed by atoms with van der Waals surface area (Å²) >= 11 is 0. The van der Waals surface area contributed by atoms with Gasteiger partial charge in [-0.05, 0) is 11.6 Å². The van der Waals surface area contributed by atoms with E-state index in [4.69, 9.17) is 16.3 Å². The van der Waals surface area contributed by atoms with Crippen LogP contribution < -0.4 is 11.3 Å². The highest BCUT2D eigenvalue weighted by molar-refractivity contribution is 5.69. The van der Waals surface area contributed by atoms with Crippen molar-refractivity contribution in [1.29, 1.82) is 5.53 Å². The molecule has 7 heteroatoms. The Labute approximate surface area is 144 Å². The first-order valence-corrected chi connectivity index (χ1v) is 8.01. The summed E-state index contributed by atoms with van der Waals surface area (Å²) in [5.41, 5.74) is 14.9. The molecule has 1 aliphatic rings. The molecule has 4 N–H and O–H groups in total. The number of nitrogens with two attached hydrogens (primary N) is 1. The van der Waals surface area contributed by atoms with Crippen LogP contribution in [0.4, 0.5) is 5.69 Å². The van der Waals surface area contributed by atoms with E-state index in [-0.39, 0.29) is 12.1 Å². The van der Waals surface area contributed by atoms with E-state index in [1.165, 1.54) is 11.1 Å². The zero-order valence-electron chi connectivity index (χ0n) is 13.5. The summed E-state index contributed by atoms with van der Waals surface area (Å²) in [6.45, 7) is 0. The fourth-order valence-electron chi connectivity index (χ4n) is 3.57. The Morgan fingerprint density at radius 3 is 2.88 bits per heavy atom. The summed E-state index contributed by atoms with van der Waals surface area (Å²) in [4.78, 5) is 9.60. The van der Waals surface area contributed by atoms with E-state index in [9.17, 15) is 0 Å². The van der Waals surface area contributed by atoms with E-state index in [0.29, 0.717) is 12.1 Å². The summed E-state index contributed by atoms with van der Waals surface area (Å²) in [6, 6.07) is 16.0. The van der Waals surface area contributed by atoms with Crippen molar-refractivity contribution in [3.8, 4) is 11.3 Å². The van der Waals surface area contributed by atoms with Crippen LogP contribution in [-0.4, -0.2) is 9.55 Å². The molecule has 0 saturated carbocycles. The van der Waals surface area contributed by atoms with Gasteiger partial charge in [0.25, 0.3) is 0 Å². The molecule has 3 aromatic rings. The number of imidazole rings is 1. The van der Waals surface area contributed by atoms with Crippen molar-refractivity contribution in [3.05, 3.63) is 72.2 Å². The largest absolute Gasteiger partial charge is 0.323 e. The van der Waals surface area contributed by atoms with E-state index >= 15 is 0 Å². The standard InChI is InChI=1S/C18H18N6O/c19-23-22-15-8-4-3-7-14(15)18(25-20)9-16-12-5-1-2-6-13(12)17-10-21-11-24(16)17/h1-8,10-11,16,18H,9,20H2,(H2,19,22). The number of fused-ring (bicyclic) bond motifs is 3. The lowest BCUT2D eigenvalue weighted by Gasteiger charge is -2.23. The molecular weight excluding hydrogens is 316 g/mol. The molecule has 126 valence electrons. The summed E-state index contributed by atoms with van der Waals surface area (Å²) in [6.07, 6.45) is 4.02. The van der Waals surface area contributed by atoms with Gasteiger partial charge in [-0.15, -0.1) is 0 Å². The normalized spacial score (nSPS) is 16.1. The molecule has 0 bridgehead atoms. The highest BCUT2D eigenvalue weighted by Crippen LogP contribution is 2.44. The van der Waals surface area contributed by atoms with Crippen LogP contribution >= 0.6 is 0 Å². The number of anilines is 1. The number of aromatic nitrogens is 2. The van der Waals surface area contributed by atoms with E-state index in [1.807, 2.05) is 48.9 Å². The van der Waals surface area contributed by atoms with Crippen molar-refractivity contribution in [1.82, 2.24) is 9.55 Å². The van der Waals surface area contributed by atoms with Crippen molar-refractivity contribution in [2.24, 2.45) is 11.1 Å².